The summed E-state index contributed by atoms with van der Waals surface area (Å²) in [4.78, 5) is 17.7. The second-order valence-electron chi connectivity index (χ2n) is 7.33. The van der Waals surface area contributed by atoms with Gasteiger partial charge in [0.25, 0.3) is 0 Å². The zero-order valence-corrected chi connectivity index (χ0v) is 17.8. The van der Waals surface area contributed by atoms with Gasteiger partial charge in [-0.05, 0) is 28.5 Å². The van der Waals surface area contributed by atoms with Crippen LogP contribution in [0.5, 0.6) is 5.88 Å². The van der Waals surface area contributed by atoms with Gasteiger partial charge in [-0.25, -0.2) is 4.63 Å². The minimum absolute atomic E-state index is 0.0159. The lowest BCUT2D eigenvalue weighted by molar-refractivity contribution is 0.0989. The van der Waals surface area contributed by atoms with Gasteiger partial charge in [-0.15, -0.1) is 15.3 Å². The molecule has 0 bridgehead atoms. The van der Waals surface area contributed by atoms with Crippen LogP contribution in [0.2, 0.25) is 0 Å². The number of hydrogen-bond donors (Lipinski definition) is 3. The maximum Gasteiger partial charge on any atom is 0.317 e. The third kappa shape index (κ3) is 3.70. The standard InChI is InChI=1S/C21H18N10O3/c1-30(12-7-3-2-4-8-12)11-15-17(25-29-31(15)19-18(22)27-34-28-19)21(33)26-24-16-13-9-5-6-10-14(13)23-20(16)32/h2-10,23,32H,11H2,1H3,(H2,22,27). The number of nitrogens with one attached hydrogen (secondary N) is 1. The molecular formula is C21H18N10O3. The molecule has 0 atom stereocenters. The number of H-pyrrole nitrogens is 1. The number of rotatable bonds is 6. The van der Waals surface area contributed by atoms with Gasteiger partial charge in [-0.1, -0.05) is 41.6 Å². The van der Waals surface area contributed by atoms with Crippen molar-refractivity contribution in [3.63, 3.8) is 0 Å². The van der Waals surface area contributed by atoms with Crippen LogP contribution in [0.1, 0.15) is 16.2 Å². The van der Waals surface area contributed by atoms with Crippen LogP contribution >= 0.6 is 0 Å². The number of hydrogen-bond acceptors (Lipinski definition) is 10. The molecule has 0 unspecified atom stereocenters. The minimum atomic E-state index is -0.762. The van der Waals surface area contributed by atoms with Crippen molar-refractivity contribution >= 4 is 34.0 Å². The monoisotopic (exact) mass is 458 g/mol. The molecule has 2 aromatic carbocycles. The van der Waals surface area contributed by atoms with Crippen molar-refractivity contribution in [2.24, 2.45) is 10.2 Å². The summed E-state index contributed by atoms with van der Waals surface area (Å²) in [6, 6.07) is 16.7. The van der Waals surface area contributed by atoms with Crippen molar-refractivity contribution in [2.45, 2.75) is 6.54 Å². The molecule has 1 amide bonds. The first-order chi connectivity index (χ1) is 16.5. The van der Waals surface area contributed by atoms with Gasteiger partial charge in [0.1, 0.15) is 0 Å². The van der Waals surface area contributed by atoms with E-state index in [2.05, 4.69) is 40.5 Å². The van der Waals surface area contributed by atoms with Crippen LogP contribution in [-0.4, -0.2) is 48.4 Å². The van der Waals surface area contributed by atoms with Crippen molar-refractivity contribution in [3.8, 4) is 11.7 Å². The van der Waals surface area contributed by atoms with E-state index in [1.165, 1.54) is 4.68 Å². The van der Waals surface area contributed by atoms with Crippen LogP contribution in [0, 0.1) is 0 Å². The molecule has 0 aliphatic heterocycles. The van der Waals surface area contributed by atoms with Crippen molar-refractivity contribution in [1.82, 2.24) is 30.3 Å². The van der Waals surface area contributed by atoms with E-state index in [0.29, 0.717) is 16.6 Å². The lowest BCUT2D eigenvalue weighted by Crippen LogP contribution is -2.21. The van der Waals surface area contributed by atoms with Gasteiger partial charge in [-0.3, -0.25) is 4.79 Å². The number of amides is 1. The summed E-state index contributed by atoms with van der Waals surface area (Å²) >= 11 is 0. The van der Waals surface area contributed by atoms with E-state index in [1.807, 2.05) is 48.3 Å². The Bertz CT molecular complexity index is 1500. The Morgan fingerprint density at radius 1 is 1.18 bits per heavy atom. The van der Waals surface area contributed by atoms with Crippen LogP contribution in [0.25, 0.3) is 16.7 Å². The smallest absolute Gasteiger partial charge is 0.317 e. The van der Waals surface area contributed by atoms with E-state index < -0.39 is 5.91 Å². The number of carbonyl (C=O) groups excluding carboxylic acids is 1. The molecule has 0 radical (unpaired) electrons. The average molecular weight is 458 g/mol. The molecule has 0 saturated carbocycles. The summed E-state index contributed by atoms with van der Waals surface area (Å²) in [6.07, 6.45) is 0. The van der Waals surface area contributed by atoms with Crippen LogP contribution in [0.15, 0.2) is 69.5 Å². The van der Waals surface area contributed by atoms with Crippen molar-refractivity contribution in [3.05, 3.63) is 66.0 Å². The molecule has 5 aromatic rings. The SMILES string of the molecule is CN(Cc1c(C(=O)N=Nc2c(O)[nH]c3ccccc23)nnn1-c1nonc1N)c1ccccc1. The summed E-state index contributed by atoms with van der Waals surface area (Å²) in [5, 5.41) is 33.9. The number of aromatic nitrogens is 6. The van der Waals surface area contributed by atoms with Crippen molar-refractivity contribution in [2.75, 3.05) is 17.7 Å². The highest BCUT2D eigenvalue weighted by molar-refractivity contribution is 5.96. The molecule has 0 spiro atoms. The number of anilines is 2. The summed E-state index contributed by atoms with van der Waals surface area (Å²) in [7, 11) is 1.84. The first-order valence-corrected chi connectivity index (χ1v) is 10.1. The first-order valence-electron chi connectivity index (χ1n) is 10.1. The maximum atomic E-state index is 13.0. The molecule has 13 nitrogen and oxygen atoms in total. The number of nitrogens with zero attached hydrogens (tertiary/aromatic N) is 8. The molecule has 0 aliphatic rings. The number of carbonyl (C=O) groups is 1. The molecule has 4 N–H and O–H groups in total. The molecular weight excluding hydrogens is 440 g/mol. The Kier molecular flexibility index (Phi) is 5.18. The first kappa shape index (κ1) is 20.8. The normalized spacial score (nSPS) is 11.4. The van der Waals surface area contributed by atoms with E-state index in [9.17, 15) is 9.90 Å². The van der Waals surface area contributed by atoms with Crippen LogP contribution in [0.3, 0.4) is 0 Å². The number of aromatic hydroxyl groups is 1. The van der Waals surface area contributed by atoms with Crippen LogP contribution in [-0.2, 0) is 6.54 Å². The lowest BCUT2D eigenvalue weighted by atomic mass is 10.2. The molecule has 0 aliphatic carbocycles. The number of fused-ring (bicyclic) bond motifs is 1. The minimum Gasteiger partial charge on any atom is -0.493 e. The third-order valence-corrected chi connectivity index (χ3v) is 5.15. The lowest BCUT2D eigenvalue weighted by Gasteiger charge is -2.19. The highest BCUT2D eigenvalue weighted by Gasteiger charge is 2.25. The van der Waals surface area contributed by atoms with Gasteiger partial charge < -0.3 is 20.7 Å². The van der Waals surface area contributed by atoms with Crippen molar-refractivity contribution in [1.29, 1.82) is 0 Å². The van der Waals surface area contributed by atoms with Crippen molar-refractivity contribution < 1.29 is 14.5 Å². The van der Waals surface area contributed by atoms with Crippen LogP contribution in [0.4, 0.5) is 17.2 Å². The molecule has 0 saturated heterocycles. The summed E-state index contributed by atoms with van der Waals surface area (Å²) in [6.45, 7) is 0.207. The molecule has 34 heavy (non-hydrogen) atoms. The number of para-hydroxylation sites is 2. The van der Waals surface area contributed by atoms with E-state index in [4.69, 9.17) is 5.73 Å². The molecule has 3 heterocycles. The molecule has 0 fully saturated rings. The summed E-state index contributed by atoms with van der Waals surface area (Å²) < 4.78 is 5.95. The second-order valence-corrected chi connectivity index (χ2v) is 7.33. The maximum absolute atomic E-state index is 13.0. The third-order valence-electron chi connectivity index (χ3n) is 5.15. The Labute approximate surface area is 191 Å². The molecule has 170 valence electrons. The van der Waals surface area contributed by atoms with Gasteiger partial charge in [0.15, 0.2) is 11.4 Å². The van der Waals surface area contributed by atoms with Gasteiger partial charge in [0, 0.05) is 18.1 Å². The van der Waals surface area contributed by atoms with Crippen LogP contribution < -0.4 is 10.6 Å². The number of azo groups is 1. The number of nitrogen functional groups attached to an aromatic ring is 1. The van der Waals surface area contributed by atoms with Gasteiger partial charge in [-0.2, -0.15) is 4.68 Å². The predicted octanol–water partition coefficient (Wildman–Crippen LogP) is 2.98. The Hall–Kier alpha value is -5.07. The molecule has 3 aromatic heterocycles. The van der Waals surface area contributed by atoms with E-state index in [0.717, 1.165) is 5.69 Å². The largest absolute Gasteiger partial charge is 0.493 e. The fourth-order valence-electron chi connectivity index (χ4n) is 3.47. The fourth-order valence-corrected chi connectivity index (χ4v) is 3.47. The Morgan fingerprint density at radius 2 is 1.94 bits per heavy atom. The van der Waals surface area contributed by atoms with Gasteiger partial charge in [0.2, 0.25) is 17.5 Å². The van der Waals surface area contributed by atoms with E-state index in [1.54, 1.807) is 18.2 Å². The fraction of sp³-hybridized carbons (Fsp3) is 0.0952. The highest BCUT2D eigenvalue weighted by atomic mass is 16.6. The predicted molar refractivity (Wildman–Crippen MR) is 121 cm³/mol. The van der Waals surface area contributed by atoms with Gasteiger partial charge in [0.05, 0.1) is 17.8 Å². The Morgan fingerprint density at radius 3 is 2.71 bits per heavy atom. The molecule has 5 rings (SSSR count). The zero-order valence-electron chi connectivity index (χ0n) is 17.8. The number of nitrogens with two attached hydrogens (primary N) is 1. The van der Waals surface area contributed by atoms with E-state index >= 15 is 0 Å². The topological polar surface area (TPSA) is 177 Å². The molecule has 13 heteroatoms. The highest BCUT2D eigenvalue weighted by Crippen LogP contribution is 2.35. The average Bonchev–Trinajstić information content (AvgIpc) is 3.54. The number of benzene rings is 2. The quantitative estimate of drug-likeness (QED) is 0.323. The number of aromatic amines is 1. The van der Waals surface area contributed by atoms with Gasteiger partial charge >= 0.3 is 5.91 Å². The Balaban J connectivity index is 1.52. The summed E-state index contributed by atoms with van der Waals surface area (Å²) in [5.41, 5.74) is 7.81. The zero-order chi connectivity index (χ0) is 23.7. The second kappa shape index (κ2) is 8.46. The summed E-state index contributed by atoms with van der Waals surface area (Å²) in [5.74, 6) is -0.888. The van der Waals surface area contributed by atoms with E-state index in [-0.39, 0.29) is 35.4 Å².